The van der Waals surface area contributed by atoms with E-state index in [9.17, 15) is 9.59 Å². The van der Waals surface area contributed by atoms with Crippen LogP contribution in [0.1, 0.15) is 33.1 Å². The highest BCUT2D eigenvalue weighted by molar-refractivity contribution is 6.30. The number of piperidine rings is 1. The van der Waals surface area contributed by atoms with E-state index >= 15 is 0 Å². The number of nitrogens with one attached hydrogen (secondary N) is 1. The lowest BCUT2D eigenvalue weighted by molar-refractivity contribution is -0.137. The maximum Gasteiger partial charge on any atom is 0.260 e. The molecule has 6 heteroatoms. The first-order valence-corrected chi connectivity index (χ1v) is 9.27. The fourth-order valence-electron chi connectivity index (χ4n) is 2.79. The van der Waals surface area contributed by atoms with Crippen LogP contribution in [0.15, 0.2) is 24.3 Å². The minimum absolute atomic E-state index is 0.00683. The normalized spacial score (nSPS) is 15.3. The van der Waals surface area contributed by atoms with Gasteiger partial charge in [-0.2, -0.15) is 0 Å². The van der Waals surface area contributed by atoms with Gasteiger partial charge in [-0.3, -0.25) is 9.59 Å². The lowest BCUT2D eigenvalue weighted by Gasteiger charge is -2.31. The molecule has 0 aliphatic carbocycles. The maximum absolute atomic E-state index is 12.2. The molecule has 2 rings (SSSR count). The highest BCUT2D eigenvalue weighted by Gasteiger charge is 2.27. The first-order chi connectivity index (χ1) is 12.0. The largest absolute Gasteiger partial charge is 0.484 e. The molecule has 1 fully saturated rings. The van der Waals surface area contributed by atoms with E-state index in [4.69, 9.17) is 16.3 Å². The molecule has 1 aromatic carbocycles. The van der Waals surface area contributed by atoms with Gasteiger partial charge < -0.3 is 15.0 Å². The lowest BCUT2D eigenvalue weighted by atomic mass is 9.95. The van der Waals surface area contributed by atoms with Crippen LogP contribution in [0.5, 0.6) is 5.75 Å². The van der Waals surface area contributed by atoms with E-state index in [1.54, 1.807) is 29.2 Å². The molecule has 2 amide bonds. The van der Waals surface area contributed by atoms with Gasteiger partial charge >= 0.3 is 0 Å². The molecule has 0 bridgehead atoms. The number of amides is 2. The molecule has 1 N–H and O–H groups in total. The van der Waals surface area contributed by atoms with E-state index in [0.717, 1.165) is 13.0 Å². The average Bonchev–Trinajstić information content (AvgIpc) is 2.60. The van der Waals surface area contributed by atoms with Gasteiger partial charge in [0.1, 0.15) is 5.75 Å². The Morgan fingerprint density at radius 2 is 1.88 bits per heavy atom. The predicted molar refractivity (Wildman–Crippen MR) is 98.7 cm³/mol. The van der Waals surface area contributed by atoms with E-state index in [0.29, 0.717) is 42.6 Å². The van der Waals surface area contributed by atoms with Crippen LogP contribution >= 0.6 is 11.6 Å². The van der Waals surface area contributed by atoms with Gasteiger partial charge in [-0.05, 0) is 49.4 Å². The fraction of sp³-hybridized carbons (Fsp3) is 0.579. The fourth-order valence-corrected chi connectivity index (χ4v) is 2.91. The van der Waals surface area contributed by atoms with E-state index in [1.165, 1.54) is 0 Å². The van der Waals surface area contributed by atoms with Crippen molar-refractivity contribution >= 4 is 23.4 Å². The Balaban J connectivity index is 1.69. The Bertz CT molecular complexity index is 567. The molecule has 1 saturated heterocycles. The molecular weight excluding hydrogens is 340 g/mol. The monoisotopic (exact) mass is 366 g/mol. The molecule has 1 aliphatic heterocycles. The third-order valence-corrected chi connectivity index (χ3v) is 4.67. The van der Waals surface area contributed by atoms with Crippen LogP contribution in [0.2, 0.25) is 5.02 Å². The van der Waals surface area contributed by atoms with Crippen LogP contribution in [-0.4, -0.2) is 43.0 Å². The van der Waals surface area contributed by atoms with Crippen molar-refractivity contribution in [2.24, 2.45) is 11.8 Å². The molecule has 1 aliphatic rings. The van der Waals surface area contributed by atoms with Gasteiger partial charge in [0.05, 0.1) is 0 Å². The Morgan fingerprint density at radius 1 is 1.24 bits per heavy atom. The number of rotatable bonds is 7. The van der Waals surface area contributed by atoms with Crippen LogP contribution < -0.4 is 10.1 Å². The van der Waals surface area contributed by atoms with E-state index in [-0.39, 0.29) is 24.3 Å². The first kappa shape index (κ1) is 19.6. The molecule has 1 heterocycles. The van der Waals surface area contributed by atoms with Crippen LogP contribution in [-0.2, 0) is 9.59 Å². The summed E-state index contributed by atoms with van der Waals surface area (Å²) >= 11 is 5.82. The number of hydrogen-bond acceptors (Lipinski definition) is 3. The average molecular weight is 367 g/mol. The smallest absolute Gasteiger partial charge is 0.260 e. The number of benzene rings is 1. The van der Waals surface area contributed by atoms with E-state index in [1.807, 2.05) is 0 Å². The quantitative estimate of drug-likeness (QED) is 0.806. The molecule has 25 heavy (non-hydrogen) atoms. The molecule has 5 nitrogen and oxygen atoms in total. The standard InChI is InChI=1S/C19H27ClN2O3/c1-14(2)7-10-21-19(24)15-8-11-22(12-9-15)18(23)13-25-17-5-3-16(20)4-6-17/h3-6,14-15H,7-13H2,1-2H3,(H,21,24). The summed E-state index contributed by atoms with van der Waals surface area (Å²) in [4.78, 5) is 26.2. The van der Waals surface area contributed by atoms with Gasteiger partial charge in [0.15, 0.2) is 6.61 Å². The van der Waals surface area contributed by atoms with Crippen molar-refractivity contribution in [2.75, 3.05) is 26.2 Å². The highest BCUT2D eigenvalue weighted by atomic mass is 35.5. The zero-order chi connectivity index (χ0) is 18.2. The van der Waals surface area contributed by atoms with Gasteiger partial charge in [-0.15, -0.1) is 0 Å². The number of nitrogens with zero attached hydrogens (tertiary/aromatic N) is 1. The molecule has 0 unspecified atom stereocenters. The van der Waals surface area contributed by atoms with E-state index < -0.39 is 0 Å². The number of ether oxygens (including phenoxy) is 1. The van der Waals surface area contributed by atoms with Crippen LogP contribution in [0, 0.1) is 11.8 Å². The van der Waals surface area contributed by atoms with Gasteiger partial charge in [0.25, 0.3) is 5.91 Å². The summed E-state index contributed by atoms with van der Waals surface area (Å²) in [5.41, 5.74) is 0. The topological polar surface area (TPSA) is 58.6 Å². The summed E-state index contributed by atoms with van der Waals surface area (Å²) in [5.74, 6) is 1.28. The molecule has 1 aromatic rings. The predicted octanol–water partition coefficient (Wildman–Crippen LogP) is 3.12. The zero-order valence-electron chi connectivity index (χ0n) is 15.0. The lowest BCUT2D eigenvalue weighted by Crippen LogP contribution is -2.44. The van der Waals surface area contributed by atoms with Crippen molar-refractivity contribution in [1.82, 2.24) is 10.2 Å². The van der Waals surface area contributed by atoms with Crippen molar-refractivity contribution in [3.8, 4) is 5.75 Å². The van der Waals surface area contributed by atoms with Crippen molar-refractivity contribution in [1.29, 1.82) is 0 Å². The van der Waals surface area contributed by atoms with Crippen molar-refractivity contribution in [3.63, 3.8) is 0 Å². The molecule has 0 saturated carbocycles. The van der Waals surface area contributed by atoms with Gasteiger partial charge in [0, 0.05) is 30.6 Å². The van der Waals surface area contributed by atoms with E-state index in [2.05, 4.69) is 19.2 Å². The number of halogens is 1. The Hall–Kier alpha value is -1.75. The number of hydrogen-bond donors (Lipinski definition) is 1. The van der Waals surface area contributed by atoms with Crippen LogP contribution in [0.4, 0.5) is 0 Å². The van der Waals surface area contributed by atoms with Gasteiger partial charge in [0.2, 0.25) is 5.91 Å². The van der Waals surface area contributed by atoms with Crippen LogP contribution in [0.3, 0.4) is 0 Å². The van der Waals surface area contributed by atoms with Crippen molar-refractivity contribution < 1.29 is 14.3 Å². The van der Waals surface area contributed by atoms with Crippen molar-refractivity contribution in [2.45, 2.75) is 33.1 Å². The zero-order valence-corrected chi connectivity index (χ0v) is 15.7. The number of carbonyl (C=O) groups is 2. The summed E-state index contributed by atoms with van der Waals surface area (Å²) in [5, 5.41) is 3.63. The third kappa shape index (κ3) is 6.58. The van der Waals surface area contributed by atoms with Gasteiger partial charge in [-0.25, -0.2) is 0 Å². The van der Waals surface area contributed by atoms with Crippen LogP contribution in [0.25, 0.3) is 0 Å². The molecule has 0 spiro atoms. The molecular formula is C19H27ClN2O3. The second kappa shape index (κ2) is 9.66. The summed E-state index contributed by atoms with van der Waals surface area (Å²) in [7, 11) is 0. The second-order valence-corrected chi connectivity index (χ2v) is 7.31. The number of carbonyl (C=O) groups excluding carboxylic acids is 2. The summed E-state index contributed by atoms with van der Waals surface area (Å²) in [6.45, 7) is 6.22. The Labute approximate surface area is 154 Å². The maximum atomic E-state index is 12.2. The minimum Gasteiger partial charge on any atom is -0.484 e. The second-order valence-electron chi connectivity index (χ2n) is 6.87. The van der Waals surface area contributed by atoms with Crippen molar-refractivity contribution in [3.05, 3.63) is 29.3 Å². The summed E-state index contributed by atoms with van der Waals surface area (Å²) < 4.78 is 5.50. The summed E-state index contributed by atoms with van der Waals surface area (Å²) in [6, 6.07) is 6.93. The third-order valence-electron chi connectivity index (χ3n) is 4.42. The highest BCUT2D eigenvalue weighted by Crippen LogP contribution is 2.19. The molecule has 0 radical (unpaired) electrons. The Morgan fingerprint density at radius 3 is 2.48 bits per heavy atom. The molecule has 0 atom stereocenters. The number of likely N-dealkylation sites (tertiary alicyclic amines) is 1. The SMILES string of the molecule is CC(C)CCNC(=O)C1CCN(C(=O)COc2ccc(Cl)cc2)CC1. The molecule has 0 aromatic heterocycles. The van der Waals surface area contributed by atoms with Gasteiger partial charge in [-0.1, -0.05) is 25.4 Å². The molecule has 138 valence electrons. The summed E-state index contributed by atoms with van der Waals surface area (Å²) in [6.07, 6.45) is 2.41. The minimum atomic E-state index is -0.0476. The first-order valence-electron chi connectivity index (χ1n) is 8.89. The Kier molecular flexibility index (Phi) is 7.56.